The number of benzene rings is 1. The minimum atomic E-state index is -0.0591. The molecular formula is C12H17BrN2O2. The highest BCUT2D eigenvalue weighted by molar-refractivity contribution is 9.10. The Morgan fingerprint density at radius 2 is 2.18 bits per heavy atom. The largest absolute Gasteiger partial charge is 0.483 e. The van der Waals surface area contributed by atoms with Crippen LogP contribution in [0.3, 0.4) is 0 Å². The first kappa shape index (κ1) is 14.0. The Kier molecular flexibility index (Phi) is 5.44. The van der Waals surface area contributed by atoms with Gasteiger partial charge in [-0.15, -0.1) is 0 Å². The fourth-order valence-corrected chi connectivity index (χ4v) is 1.78. The Balaban J connectivity index is 2.63. The van der Waals surface area contributed by atoms with Crippen molar-refractivity contribution in [3.8, 4) is 5.75 Å². The molecule has 0 spiro atoms. The third kappa shape index (κ3) is 4.36. The number of amides is 1. The second kappa shape index (κ2) is 6.61. The highest BCUT2D eigenvalue weighted by Gasteiger charge is 2.07. The Labute approximate surface area is 110 Å². The summed E-state index contributed by atoms with van der Waals surface area (Å²) in [6.45, 7) is 0.854. The molecule has 94 valence electrons. The van der Waals surface area contributed by atoms with Crippen LogP contribution in [0.15, 0.2) is 22.7 Å². The smallest absolute Gasteiger partial charge is 0.259 e. The molecule has 1 aromatic rings. The summed E-state index contributed by atoms with van der Waals surface area (Å²) in [6, 6.07) is 5.81. The molecule has 0 aliphatic rings. The molecule has 0 saturated heterocycles. The van der Waals surface area contributed by atoms with Crippen molar-refractivity contribution in [3.63, 3.8) is 0 Å². The number of carbonyl (C=O) groups is 1. The van der Waals surface area contributed by atoms with Crippen molar-refractivity contribution in [2.45, 2.75) is 6.54 Å². The fraction of sp³-hybridized carbons (Fsp3) is 0.417. The topological polar surface area (TPSA) is 41.6 Å². The van der Waals surface area contributed by atoms with Gasteiger partial charge in [0.2, 0.25) is 0 Å². The van der Waals surface area contributed by atoms with Crippen molar-refractivity contribution in [3.05, 3.63) is 28.2 Å². The molecule has 0 aromatic heterocycles. The van der Waals surface area contributed by atoms with Gasteiger partial charge in [-0.3, -0.25) is 4.79 Å². The van der Waals surface area contributed by atoms with Crippen LogP contribution in [0.4, 0.5) is 0 Å². The molecule has 0 fully saturated rings. The van der Waals surface area contributed by atoms with E-state index < -0.39 is 0 Å². The van der Waals surface area contributed by atoms with Crippen LogP contribution in [0.1, 0.15) is 5.56 Å². The van der Waals surface area contributed by atoms with Crippen LogP contribution in [0.2, 0.25) is 0 Å². The van der Waals surface area contributed by atoms with Crippen LogP contribution in [-0.4, -0.2) is 38.6 Å². The zero-order chi connectivity index (χ0) is 12.8. The third-order valence-corrected chi connectivity index (χ3v) is 2.85. The number of halogens is 1. The van der Waals surface area contributed by atoms with Gasteiger partial charge in [0.15, 0.2) is 6.61 Å². The van der Waals surface area contributed by atoms with Crippen molar-refractivity contribution in [2.75, 3.05) is 27.7 Å². The van der Waals surface area contributed by atoms with E-state index >= 15 is 0 Å². The van der Waals surface area contributed by atoms with Crippen LogP contribution >= 0.6 is 15.9 Å². The lowest BCUT2D eigenvalue weighted by molar-refractivity contribution is -0.130. The maximum atomic E-state index is 11.4. The summed E-state index contributed by atoms with van der Waals surface area (Å²) in [4.78, 5) is 12.9. The van der Waals surface area contributed by atoms with Crippen LogP contribution in [0.5, 0.6) is 5.75 Å². The average Bonchev–Trinajstić information content (AvgIpc) is 2.27. The molecule has 0 atom stereocenters. The Morgan fingerprint density at radius 3 is 2.71 bits per heavy atom. The predicted molar refractivity (Wildman–Crippen MR) is 71.1 cm³/mol. The molecule has 0 unspecified atom stereocenters. The highest BCUT2D eigenvalue weighted by atomic mass is 79.9. The predicted octanol–water partition coefficient (Wildman–Crippen LogP) is 1.64. The second-order valence-electron chi connectivity index (χ2n) is 3.87. The van der Waals surface area contributed by atoms with Gasteiger partial charge >= 0.3 is 0 Å². The standard InChI is InChI=1S/C12H17BrN2O2/c1-14-7-9-4-5-11(10(13)6-9)17-8-12(16)15(2)3/h4-6,14H,7-8H2,1-3H3. The maximum Gasteiger partial charge on any atom is 0.259 e. The molecule has 1 aromatic carbocycles. The van der Waals surface area contributed by atoms with Crippen LogP contribution < -0.4 is 10.1 Å². The zero-order valence-electron chi connectivity index (χ0n) is 10.3. The van der Waals surface area contributed by atoms with Crippen LogP contribution in [0, 0.1) is 0 Å². The van der Waals surface area contributed by atoms with Gasteiger partial charge in [-0.1, -0.05) is 6.07 Å². The summed E-state index contributed by atoms with van der Waals surface area (Å²) in [6.07, 6.45) is 0. The third-order valence-electron chi connectivity index (χ3n) is 2.23. The number of hydrogen-bond donors (Lipinski definition) is 1. The number of rotatable bonds is 5. The van der Waals surface area contributed by atoms with Gasteiger partial charge in [-0.05, 0) is 40.7 Å². The molecule has 0 aliphatic carbocycles. The van der Waals surface area contributed by atoms with Crippen molar-refractivity contribution in [1.29, 1.82) is 0 Å². The summed E-state index contributed by atoms with van der Waals surface area (Å²) >= 11 is 3.43. The van der Waals surface area contributed by atoms with Crippen LogP contribution in [0.25, 0.3) is 0 Å². The lowest BCUT2D eigenvalue weighted by Crippen LogP contribution is -2.27. The minimum Gasteiger partial charge on any atom is -0.483 e. The second-order valence-corrected chi connectivity index (χ2v) is 4.73. The van der Waals surface area contributed by atoms with E-state index in [1.54, 1.807) is 14.1 Å². The molecule has 1 rings (SSSR count). The van der Waals surface area contributed by atoms with Gasteiger partial charge in [0.1, 0.15) is 5.75 Å². The normalized spacial score (nSPS) is 10.1. The van der Waals surface area contributed by atoms with Gasteiger partial charge in [-0.2, -0.15) is 0 Å². The molecule has 1 amide bonds. The molecule has 5 heteroatoms. The molecule has 0 heterocycles. The van der Waals surface area contributed by atoms with Gasteiger partial charge in [0.25, 0.3) is 5.91 Å². The molecule has 0 radical (unpaired) electrons. The number of nitrogens with zero attached hydrogens (tertiary/aromatic N) is 1. The first-order valence-electron chi connectivity index (χ1n) is 5.30. The Hall–Kier alpha value is -1.07. The lowest BCUT2D eigenvalue weighted by Gasteiger charge is -2.12. The Morgan fingerprint density at radius 1 is 1.47 bits per heavy atom. The average molecular weight is 301 g/mol. The molecule has 17 heavy (non-hydrogen) atoms. The van der Waals surface area contributed by atoms with E-state index in [9.17, 15) is 4.79 Å². The van der Waals surface area contributed by atoms with Crippen molar-refractivity contribution in [2.24, 2.45) is 0 Å². The number of ether oxygens (including phenoxy) is 1. The number of nitrogens with one attached hydrogen (secondary N) is 1. The minimum absolute atomic E-state index is 0.0526. The quantitative estimate of drug-likeness (QED) is 0.899. The summed E-state index contributed by atoms with van der Waals surface area (Å²) in [5.74, 6) is 0.622. The van der Waals surface area contributed by atoms with Crippen molar-refractivity contribution >= 4 is 21.8 Å². The van der Waals surface area contributed by atoms with Crippen LogP contribution in [-0.2, 0) is 11.3 Å². The number of likely N-dealkylation sites (N-methyl/N-ethyl adjacent to an activating group) is 1. The monoisotopic (exact) mass is 300 g/mol. The lowest BCUT2D eigenvalue weighted by atomic mass is 10.2. The number of hydrogen-bond acceptors (Lipinski definition) is 3. The molecule has 0 bridgehead atoms. The summed E-state index contributed by atoms with van der Waals surface area (Å²) in [5, 5.41) is 3.07. The van der Waals surface area contributed by atoms with Gasteiger partial charge < -0.3 is 15.0 Å². The van der Waals surface area contributed by atoms with E-state index in [2.05, 4.69) is 21.2 Å². The fourth-order valence-electron chi connectivity index (χ4n) is 1.24. The molecular weight excluding hydrogens is 284 g/mol. The van der Waals surface area contributed by atoms with E-state index in [1.807, 2.05) is 25.2 Å². The first-order valence-corrected chi connectivity index (χ1v) is 6.10. The van der Waals surface area contributed by atoms with E-state index in [4.69, 9.17) is 4.74 Å². The highest BCUT2D eigenvalue weighted by Crippen LogP contribution is 2.25. The van der Waals surface area contributed by atoms with Gasteiger partial charge in [0.05, 0.1) is 4.47 Å². The molecule has 0 saturated carbocycles. The van der Waals surface area contributed by atoms with E-state index in [1.165, 1.54) is 4.90 Å². The molecule has 4 nitrogen and oxygen atoms in total. The first-order chi connectivity index (χ1) is 8.04. The maximum absolute atomic E-state index is 11.4. The van der Waals surface area contributed by atoms with Crippen molar-refractivity contribution < 1.29 is 9.53 Å². The summed E-state index contributed by atoms with van der Waals surface area (Å²) in [7, 11) is 5.31. The van der Waals surface area contributed by atoms with Gasteiger partial charge in [-0.25, -0.2) is 0 Å². The SMILES string of the molecule is CNCc1ccc(OCC(=O)N(C)C)c(Br)c1. The summed E-state index contributed by atoms with van der Waals surface area (Å²) < 4.78 is 6.29. The molecule has 0 aliphatic heterocycles. The van der Waals surface area contributed by atoms with E-state index in [-0.39, 0.29) is 12.5 Å². The van der Waals surface area contributed by atoms with Gasteiger partial charge in [0, 0.05) is 20.6 Å². The van der Waals surface area contributed by atoms with E-state index in [0.717, 1.165) is 16.6 Å². The zero-order valence-corrected chi connectivity index (χ0v) is 11.9. The Bertz CT molecular complexity index is 394. The number of carbonyl (C=O) groups excluding carboxylic acids is 1. The van der Waals surface area contributed by atoms with Crippen molar-refractivity contribution in [1.82, 2.24) is 10.2 Å². The molecule has 1 N–H and O–H groups in total. The van der Waals surface area contributed by atoms with E-state index in [0.29, 0.717) is 5.75 Å². The summed E-state index contributed by atoms with van der Waals surface area (Å²) in [5.41, 5.74) is 1.16.